The summed E-state index contributed by atoms with van der Waals surface area (Å²) in [4.78, 5) is 0. The molecule has 0 spiro atoms. The summed E-state index contributed by atoms with van der Waals surface area (Å²) in [6, 6.07) is 4.98. The molecular weight excluding hydrogens is 269 g/mol. The van der Waals surface area contributed by atoms with Crippen LogP contribution >= 0.6 is 15.9 Å². The van der Waals surface area contributed by atoms with Crippen molar-refractivity contribution in [1.29, 1.82) is 0 Å². The highest BCUT2D eigenvalue weighted by molar-refractivity contribution is 9.10. The van der Waals surface area contributed by atoms with Gasteiger partial charge in [0.25, 0.3) is 0 Å². The molecule has 88 valence electrons. The van der Waals surface area contributed by atoms with Crippen molar-refractivity contribution in [1.82, 2.24) is 5.32 Å². The van der Waals surface area contributed by atoms with E-state index in [2.05, 4.69) is 42.0 Å². The Bertz CT molecular complexity index is 380. The summed E-state index contributed by atoms with van der Waals surface area (Å²) in [7, 11) is 0. The highest BCUT2D eigenvalue weighted by atomic mass is 79.9. The Balaban J connectivity index is 2.53. The highest BCUT2D eigenvalue weighted by Gasteiger charge is 2.05. The van der Waals surface area contributed by atoms with Gasteiger partial charge in [0.15, 0.2) is 0 Å². The molecule has 0 aliphatic heterocycles. The summed E-state index contributed by atoms with van der Waals surface area (Å²) >= 11 is 3.16. The fourth-order valence-corrected chi connectivity index (χ4v) is 1.57. The largest absolute Gasteiger partial charge is 0.309 e. The topological polar surface area (TPSA) is 12.0 Å². The van der Waals surface area contributed by atoms with Gasteiger partial charge in [0.2, 0.25) is 0 Å². The Kier molecular flexibility index (Phi) is 4.69. The first kappa shape index (κ1) is 13.4. The van der Waals surface area contributed by atoms with Gasteiger partial charge in [-0.2, -0.15) is 0 Å². The zero-order valence-corrected chi connectivity index (χ0v) is 11.4. The molecule has 1 nitrogen and oxygen atoms in total. The fourth-order valence-electron chi connectivity index (χ4n) is 1.18. The lowest BCUT2D eigenvalue weighted by Gasteiger charge is -2.18. The van der Waals surface area contributed by atoms with Crippen LogP contribution in [0.5, 0.6) is 0 Å². The quantitative estimate of drug-likeness (QED) is 0.886. The molecule has 1 N–H and O–H groups in total. The summed E-state index contributed by atoms with van der Waals surface area (Å²) in [5.41, 5.74) is 1.11. The van der Waals surface area contributed by atoms with Crippen LogP contribution in [-0.4, -0.2) is 12.1 Å². The second-order valence-electron chi connectivity index (χ2n) is 4.71. The molecule has 0 amide bonds. The lowest BCUT2D eigenvalue weighted by Crippen LogP contribution is -2.35. The van der Waals surface area contributed by atoms with E-state index < -0.39 is 0 Å². The zero-order valence-electron chi connectivity index (χ0n) is 9.85. The molecular formula is C13H17BrFN. The smallest absolute Gasteiger partial charge is 0.137 e. The van der Waals surface area contributed by atoms with Gasteiger partial charge in [-0.1, -0.05) is 18.2 Å². The number of rotatable bonds is 3. The molecule has 0 aliphatic rings. The monoisotopic (exact) mass is 285 g/mol. The first-order chi connectivity index (χ1) is 7.38. The fraction of sp³-hybridized carbons (Fsp3) is 0.385. The van der Waals surface area contributed by atoms with Crippen molar-refractivity contribution in [2.24, 2.45) is 0 Å². The molecule has 0 saturated heterocycles. The molecule has 0 fully saturated rings. The average molecular weight is 286 g/mol. The molecule has 0 aliphatic carbocycles. The van der Waals surface area contributed by atoms with Gasteiger partial charge in [0.05, 0.1) is 4.47 Å². The minimum Gasteiger partial charge on any atom is -0.309 e. The molecule has 1 aromatic carbocycles. The van der Waals surface area contributed by atoms with Crippen molar-refractivity contribution in [2.45, 2.75) is 26.3 Å². The molecule has 0 unspecified atom stereocenters. The number of halogens is 2. The summed E-state index contributed by atoms with van der Waals surface area (Å²) < 4.78 is 13.5. The van der Waals surface area contributed by atoms with Crippen LogP contribution in [0.25, 0.3) is 6.08 Å². The van der Waals surface area contributed by atoms with Crippen molar-refractivity contribution in [3.8, 4) is 0 Å². The standard InChI is InChI=1S/C13H17BrFN/c1-13(2,3)16-8-4-5-10-6-7-12(15)11(14)9-10/h4-7,9,16H,8H2,1-3H3. The molecule has 3 heteroatoms. The van der Waals surface area contributed by atoms with E-state index in [1.807, 2.05) is 12.2 Å². The SMILES string of the molecule is CC(C)(C)NCC=Cc1ccc(F)c(Br)c1. The van der Waals surface area contributed by atoms with E-state index in [4.69, 9.17) is 0 Å². The lowest BCUT2D eigenvalue weighted by atomic mass is 10.1. The molecule has 16 heavy (non-hydrogen) atoms. The Morgan fingerprint density at radius 1 is 1.38 bits per heavy atom. The van der Waals surface area contributed by atoms with Crippen LogP contribution in [0.4, 0.5) is 4.39 Å². The van der Waals surface area contributed by atoms with E-state index in [0.29, 0.717) is 4.47 Å². The van der Waals surface area contributed by atoms with Crippen molar-refractivity contribution in [3.63, 3.8) is 0 Å². The van der Waals surface area contributed by atoms with E-state index >= 15 is 0 Å². The zero-order chi connectivity index (χ0) is 12.2. The normalized spacial score (nSPS) is 12.3. The molecule has 0 saturated carbocycles. The maximum atomic E-state index is 13.0. The minimum atomic E-state index is -0.232. The van der Waals surface area contributed by atoms with Crippen molar-refractivity contribution in [2.75, 3.05) is 6.54 Å². The summed E-state index contributed by atoms with van der Waals surface area (Å²) in [6.07, 6.45) is 4.01. The van der Waals surface area contributed by atoms with E-state index in [1.54, 1.807) is 12.1 Å². The van der Waals surface area contributed by atoms with Crippen molar-refractivity contribution in [3.05, 3.63) is 40.1 Å². The molecule has 1 rings (SSSR count). The van der Waals surface area contributed by atoms with Crippen molar-refractivity contribution >= 4 is 22.0 Å². The van der Waals surface area contributed by atoms with Gasteiger partial charge in [-0.3, -0.25) is 0 Å². The number of hydrogen-bond donors (Lipinski definition) is 1. The van der Waals surface area contributed by atoms with Gasteiger partial charge < -0.3 is 5.32 Å². The number of hydrogen-bond acceptors (Lipinski definition) is 1. The molecule has 1 aromatic rings. The molecule has 0 radical (unpaired) electrons. The van der Waals surface area contributed by atoms with Gasteiger partial charge >= 0.3 is 0 Å². The summed E-state index contributed by atoms with van der Waals surface area (Å²) in [5.74, 6) is -0.232. The third-order valence-electron chi connectivity index (χ3n) is 2.00. The third kappa shape index (κ3) is 4.90. The van der Waals surface area contributed by atoms with E-state index in [0.717, 1.165) is 12.1 Å². The Hall–Kier alpha value is -0.670. The predicted molar refractivity (Wildman–Crippen MR) is 70.9 cm³/mol. The van der Waals surface area contributed by atoms with Crippen LogP contribution in [0, 0.1) is 5.82 Å². The van der Waals surface area contributed by atoms with Crippen LogP contribution in [0.2, 0.25) is 0 Å². The second-order valence-corrected chi connectivity index (χ2v) is 5.56. The number of benzene rings is 1. The Morgan fingerprint density at radius 2 is 2.06 bits per heavy atom. The van der Waals surface area contributed by atoms with Gasteiger partial charge in [-0.05, 0) is 54.4 Å². The van der Waals surface area contributed by atoms with Crippen LogP contribution in [0.15, 0.2) is 28.7 Å². The van der Waals surface area contributed by atoms with E-state index in [-0.39, 0.29) is 11.4 Å². The van der Waals surface area contributed by atoms with Gasteiger partial charge in [-0.15, -0.1) is 0 Å². The maximum Gasteiger partial charge on any atom is 0.137 e. The van der Waals surface area contributed by atoms with Crippen LogP contribution in [0.1, 0.15) is 26.3 Å². The Morgan fingerprint density at radius 3 is 2.62 bits per heavy atom. The van der Waals surface area contributed by atoms with E-state index in [9.17, 15) is 4.39 Å². The second kappa shape index (κ2) is 5.60. The van der Waals surface area contributed by atoms with E-state index in [1.165, 1.54) is 6.07 Å². The van der Waals surface area contributed by atoms with Gasteiger partial charge in [0.1, 0.15) is 5.82 Å². The van der Waals surface area contributed by atoms with Gasteiger partial charge in [-0.25, -0.2) is 4.39 Å². The highest BCUT2D eigenvalue weighted by Crippen LogP contribution is 2.17. The molecule has 0 heterocycles. The van der Waals surface area contributed by atoms with Crippen LogP contribution in [0.3, 0.4) is 0 Å². The maximum absolute atomic E-state index is 13.0. The van der Waals surface area contributed by atoms with Crippen LogP contribution in [-0.2, 0) is 0 Å². The Labute approximate surface area is 105 Å². The molecule has 0 aromatic heterocycles. The van der Waals surface area contributed by atoms with Crippen molar-refractivity contribution < 1.29 is 4.39 Å². The third-order valence-corrected chi connectivity index (χ3v) is 2.61. The summed E-state index contributed by atoms with van der Waals surface area (Å²) in [6.45, 7) is 7.17. The first-order valence-electron chi connectivity index (χ1n) is 5.25. The molecule has 0 bridgehead atoms. The van der Waals surface area contributed by atoms with Crippen LogP contribution < -0.4 is 5.32 Å². The average Bonchev–Trinajstić information content (AvgIpc) is 2.17. The summed E-state index contributed by atoms with van der Waals surface area (Å²) in [5, 5.41) is 3.35. The molecule has 0 atom stereocenters. The van der Waals surface area contributed by atoms with Gasteiger partial charge in [0, 0.05) is 12.1 Å². The minimum absolute atomic E-state index is 0.119. The lowest BCUT2D eigenvalue weighted by molar-refractivity contribution is 0.450. The number of nitrogens with one attached hydrogen (secondary N) is 1. The predicted octanol–water partition coefficient (Wildman–Crippen LogP) is 3.99. The first-order valence-corrected chi connectivity index (χ1v) is 6.04.